The third-order valence-corrected chi connectivity index (χ3v) is 2.66. The van der Waals surface area contributed by atoms with E-state index in [2.05, 4.69) is 21.6 Å². The van der Waals surface area contributed by atoms with Gasteiger partial charge in [0.05, 0.1) is 0 Å². The molecule has 1 heterocycles. The van der Waals surface area contributed by atoms with Gasteiger partial charge in [-0.2, -0.15) is 0 Å². The van der Waals surface area contributed by atoms with Crippen molar-refractivity contribution in [3.8, 4) is 17.6 Å². The minimum atomic E-state index is -4.68. The number of hydrogen-bond acceptors (Lipinski definition) is 2. The van der Waals surface area contributed by atoms with Crippen molar-refractivity contribution in [1.82, 2.24) is 4.98 Å². The Bertz CT molecular complexity index is 649. The summed E-state index contributed by atoms with van der Waals surface area (Å²) in [5.41, 5.74) is 2.32. The van der Waals surface area contributed by atoms with Crippen LogP contribution in [0.4, 0.5) is 13.2 Å². The molecule has 21 heavy (non-hydrogen) atoms. The van der Waals surface area contributed by atoms with E-state index in [1.807, 2.05) is 19.1 Å². The quantitative estimate of drug-likeness (QED) is 0.782. The highest BCUT2D eigenvalue weighted by molar-refractivity contribution is 5.42. The fourth-order valence-corrected chi connectivity index (χ4v) is 1.58. The summed E-state index contributed by atoms with van der Waals surface area (Å²) in [6.07, 6.45) is -2.02. The minimum Gasteiger partial charge on any atom is -0.406 e. The van der Waals surface area contributed by atoms with Crippen LogP contribution < -0.4 is 4.74 Å². The van der Waals surface area contributed by atoms with E-state index < -0.39 is 6.36 Å². The van der Waals surface area contributed by atoms with E-state index in [4.69, 9.17) is 0 Å². The Morgan fingerprint density at radius 1 is 1.05 bits per heavy atom. The van der Waals surface area contributed by atoms with Crippen LogP contribution in [0.1, 0.15) is 23.7 Å². The smallest absolute Gasteiger partial charge is 0.406 e. The summed E-state index contributed by atoms with van der Waals surface area (Å²) in [5.74, 6) is 5.43. The Hall–Kier alpha value is -2.48. The van der Waals surface area contributed by atoms with Crippen molar-refractivity contribution in [1.29, 1.82) is 0 Å². The van der Waals surface area contributed by atoms with E-state index in [0.717, 1.165) is 12.0 Å². The Kier molecular flexibility index (Phi) is 4.49. The summed E-state index contributed by atoms with van der Waals surface area (Å²) in [6.45, 7) is 2.03. The Balaban J connectivity index is 2.08. The molecule has 1 aromatic carbocycles. The van der Waals surface area contributed by atoms with Gasteiger partial charge in [0.1, 0.15) is 11.4 Å². The minimum absolute atomic E-state index is 0.265. The summed E-state index contributed by atoms with van der Waals surface area (Å²) >= 11 is 0. The monoisotopic (exact) mass is 291 g/mol. The SMILES string of the molecule is CCc1ccc(C#Cc2ccc(OC(F)(F)F)cc2)nc1. The number of pyridine rings is 1. The molecule has 0 atom stereocenters. The van der Waals surface area contributed by atoms with Gasteiger partial charge in [-0.15, -0.1) is 13.2 Å². The summed E-state index contributed by atoms with van der Waals surface area (Å²) in [5, 5.41) is 0. The number of nitrogens with zero attached hydrogens (tertiary/aromatic N) is 1. The lowest BCUT2D eigenvalue weighted by atomic mass is 10.2. The van der Waals surface area contributed by atoms with Crippen LogP contribution in [-0.4, -0.2) is 11.3 Å². The molecule has 2 rings (SSSR count). The number of halogens is 3. The van der Waals surface area contributed by atoms with Crippen LogP contribution in [0.15, 0.2) is 42.6 Å². The van der Waals surface area contributed by atoms with Crippen LogP contribution in [0.5, 0.6) is 5.75 Å². The van der Waals surface area contributed by atoms with E-state index in [1.54, 1.807) is 6.20 Å². The molecule has 0 bridgehead atoms. The van der Waals surface area contributed by atoms with Crippen molar-refractivity contribution in [2.24, 2.45) is 0 Å². The largest absolute Gasteiger partial charge is 0.573 e. The van der Waals surface area contributed by atoms with Crippen molar-refractivity contribution < 1.29 is 17.9 Å². The summed E-state index contributed by atoms with van der Waals surface area (Å²) in [6, 6.07) is 9.14. The second kappa shape index (κ2) is 6.31. The van der Waals surface area contributed by atoms with E-state index in [1.165, 1.54) is 24.3 Å². The zero-order chi connectivity index (χ0) is 15.3. The van der Waals surface area contributed by atoms with Crippen molar-refractivity contribution in [3.63, 3.8) is 0 Å². The molecule has 0 saturated carbocycles. The summed E-state index contributed by atoms with van der Waals surface area (Å²) in [4.78, 5) is 4.18. The maximum Gasteiger partial charge on any atom is 0.573 e. The van der Waals surface area contributed by atoms with Crippen LogP contribution in [0, 0.1) is 11.8 Å². The van der Waals surface area contributed by atoms with Gasteiger partial charge in [0.25, 0.3) is 0 Å². The zero-order valence-corrected chi connectivity index (χ0v) is 11.2. The van der Waals surface area contributed by atoms with Crippen LogP contribution in [-0.2, 0) is 6.42 Å². The molecule has 1 aromatic heterocycles. The maximum atomic E-state index is 12.0. The standard InChI is InChI=1S/C16H12F3NO/c1-2-12-3-7-14(20-11-12)8-4-13-5-9-15(10-6-13)21-16(17,18)19/h3,5-7,9-11H,2H2,1H3. The van der Waals surface area contributed by atoms with Gasteiger partial charge in [-0.3, -0.25) is 0 Å². The molecule has 5 heteroatoms. The van der Waals surface area contributed by atoms with E-state index in [0.29, 0.717) is 11.3 Å². The molecule has 0 aliphatic heterocycles. The highest BCUT2D eigenvalue weighted by Crippen LogP contribution is 2.22. The average molecular weight is 291 g/mol. The van der Waals surface area contributed by atoms with Gasteiger partial charge < -0.3 is 4.74 Å². The molecule has 0 aliphatic rings. The highest BCUT2D eigenvalue weighted by atomic mass is 19.4. The van der Waals surface area contributed by atoms with Crippen LogP contribution in [0.2, 0.25) is 0 Å². The van der Waals surface area contributed by atoms with Crippen LogP contribution in [0.3, 0.4) is 0 Å². The molecule has 0 fully saturated rings. The fraction of sp³-hybridized carbons (Fsp3) is 0.188. The second-order valence-corrected chi connectivity index (χ2v) is 4.23. The molecule has 2 aromatic rings. The first-order valence-electron chi connectivity index (χ1n) is 6.29. The predicted octanol–water partition coefficient (Wildman–Crippen LogP) is 3.94. The van der Waals surface area contributed by atoms with Gasteiger partial charge in [0, 0.05) is 11.8 Å². The number of ether oxygens (including phenoxy) is 1. The molecular formula is C16H12F3NO. The van der Waals surface area contributed by atoms with Gasteiger partial charge in [0.2, 0.25) is 0 Å². The summed E-state index contributed by atoms with van der Waals surface area (Å²) in [7, 11) is 0. The van der Waals surface area contributed by atoms with Gasteiger partial charge >= 0.3 is 6.36 Å². The second-order valence-electron chi connectivity index (χ2n) is 4.23. The number of hydrogen-bond donors (Lipinski definition) is 0. The predicted molar refractivity (Wildman–Crippen MR) is 72.7 cm³/mol. The van der Waals surface area contributed by atoms with Gasteiger partial charge in [-0.25, -0.2) is 4.98 Å². The third-order valence-electron chi connectivity index (χ3n) is 2.66. The third kappa shape index (κ3) is 4.84. The molecule has 108 valence electrons. The molecule has 0 aliphatic carbocycles. The molecule has 0 unspecified atom stereocenters. The zero-order valence-electron chi connectivity index (χ0n) is 11.2. The van der Waals surface area contributed by atoms with Gasteiger partial charge in [-0.1, -0.05) is 18.9 Å². The number of rotatable bonds is 2. The molecule has 0 saturated heterocycles. The first kappa shape index (κ1) is 14.9. The lowest BCUT2D eigenvalue weighted by Crippen LogP contribution is -2.16. The number of aryl methyl sites for hydroxylation is 1. The fourth-order valence-electron chi connectivity index (χ4n) is 1.58. The molecule has 0 spiro atoms. The highest BCUT2D eigenvalue weighted by Gasteiger charge is 2.30. The first-order chi connectivity index (χ1) is 9.96. The Labute approximate surface area is 120 Å². The Morgan fingerprint density at radius 2 is 1.76 bits per heavy atom. The number of benzene rings is 1. The van der Waals surface area contributed by atoms with Gasteiger partial charge in [-0.05, 0) is 48.2 Å². The molecule has 0 amide bonds. The van der Waals surface area contributed by atoms with Crippen molar-refractivity contribution in [3.05, 3.63) is 59.4 Å². The first-order valence-corrected chi connectivity index (χ1v) is 6.29. The average Bonchev–Trinajstić information content (AvgIpc) is 2.45. The molecule has 0 N–H and O–H groups in total. The number of aromatic nitrogens is 1. The summed E-state index contributed by atoms with van der Waals surface area (Å²) < 4.78 is 39.8. The lowest BCUT2D eigenvalue weighted by Gasteiger charge is -2.07. The normalized spacial score (nSPS) is 10.7. The molecule has 0 radical (unpaired) electrons. The maximum absolute atomic E-state index is 12.0. The van der Waals surface area contributed by atoms with Crippen LogP contribution >= 0.6 is 0 Å². The van der Waals surface area contributed by atoms with E-state index >= 15 is 0 Å². The molecule has 2 nitrogen and oxygen atoms in total. The van der Waals surface area contributed by atoms with Crippen LogP contribution in [0.25, 0.3) is 0 Å². The molecular weight excluding hydrogens is 279 g/mol. The topological polar surface area (TPSA) is 22.1 Å². The number of alkyl halides is 3. The van der Waals surface area contributed by atoms with Crippen molar-refractivity contribution in [2.75, 3.05) is 0 Å². The van der Waals surface area contributed by atoms with E-state index in [-0.39, 0.29) is 5.75 Å². The lowest BCUT2D eigenvalue weighted by molar-refractivity contribution is -0.274. The Morgan fingerprint density at radius 3 is 2.29 bits per heavy atom. The van der Waals surface area contributed by atoms with Gasteiger partial charge in [0.15, 0.2) is 0 Å². The van der Waals surface area contributed by atoms with E-state index in [9.17, 15) is 13.2 Å². The van der Waals surface area contributed by atoms with Crippen molar-refractivity contribution >= 4 is 0 Å². The van der Waals surface area contributed by atoms with Crippen molar-refractivity contribution in [2.45, 2.75) is 19.7 Å².